The van der Waals surface area contributed by atoms with Crippen molar-refractivity contribution in [3.05, 3.63) is 29.3 Å². The highest BCUT2D eigenvalue weighted by Gasteiger charge is 2.53. The van der Waals surface area contributed by atoms with Crippen molar-refractivity contribution in [3.63, 3.8) is 0 Å². The number of benzene rings is 1. The molecule has 1 heterocycles. The Morgan fingerprint density at radius 2 is 1.88 bits per heavy atom. The molecule has 2 aliphatic rings. The molecule has 2 fully saturated rings. The van der Waals surface area contributed by atoms with Crippen LogP contribution in [0.1, 0.15) is 53.4 Å². The van der Waals surface area contributed by atoms with Crippen LogP contribution in [-0.4, -0.2) is 46.9 Å². The van der Waals surface area contributed by atoms with E-state index in [1.54, 1.807) is 24.3 Å². The van der Waals surface area contributed by atoms with E-state index in [1.165, 1.54) is 6.92 Å². The number of carbonyl (C=O) groups is 4. The molecule has 2 N–H and O–H groups in total. The predicted molar refractivity (Wildman–Crippen MR) is 120 cm³/mol. The zero-order valence-corrected chi connectivity index (χ0v) is 19.6. The molecule has 0 bridgehead atoms. The van der Waals surface area contributed by atoms with Crippen molar-refractivity contribution in [2.75, 3.05) is 11.9 Å². The van der Waals surface area contributed by atoms with Gasteiger partial charge in [-0.1, -0.05) is 44.5 Å². The molecule has 1 saturated carbocycles. The number of para-hydroxylation sites is 1. The van der Waals surface area contributed by atoms with Crippen LogP contribution in [0, 0.1) is 11.3 Å². The van der Waals surface area contributed by atoms with Crippen molar-refractivity contribution in [2.24, 2.45) is 11.3 Å². The number of halogens is 1. The number of carbonyl (C=O) groups excluding carboxylic acids is 4. The standard InChI is InChI=1S/C23H30ClN3O5/c1-14(19(29)25-17-8-6-5-7-16(17)24)32-18(28)13-27-20(30)23(26-21(27)31)11-9-15(10-12-23)22(2,3)4/h5-8,14-15H,9-13H2,1-4H3,(H,25,29)(H,26,31). The fourth-order valence-corrected chi connectivity index (χ4v) is 4.53. The summed E-state index contributed by atoms with van der Waals surface area (Å²) in [5, 5.41) is 5.73. The molecule has 1 spiro atoms. The highest BCUT2D eigenvalue weighted by Crippen LogP contribution is 2.43. The van der Waals surface area contributed by atoms with Gasteiger partial charge in [-0.15, -0.1) is 0 Å². The topological polar surface area (TPSA) is 105 Å². The van der Waals surface area contributed by atoms with Crippen LogP contribution in [0.2, 0.25) is 5.02 Å². The Labute approximate surface area is 193 Å². The first-order valence-corrected chi connectivity index (χ1v) is 11.2. The van der Waals surface area contributed by atoms with Crippen molar-refractivity contribution >= 4 is 41.1 Å². The Balaban J connectivity index is 1.56. The van der Waals surface area contributed by atoms with Crippen LogP contribution in [0.3, 0.4) is 0 Å². The van der Waals surface area contributed by atoms with E-state index >= 15 is 0 Å². The molecule has 1 unspecified atom stereocenters. The van der Waals surface area contributed by atoms with E-state index in [2.05, 4.69) is 31.4 Å². The molecule has 1 atom stereocenters. The van der Waals surface area contributed by atoms with Crippen LogP contribution in [0.25, 0.3) is 0 Å². The Kier molecular flexibility index (Phi) is 6.83. The summed E-state index contributed by atoms with van der Waals surface area (Å²) in [7, 11) is 0. The number of hydrogen-bond acceptors (Lipinski definition) is 5. The lowest BCUT2D eigenvalue weighted by molar-refractivity contribution is -0.155. The quantitative estimate of drug-likeness (QED) is 0.511. The van der Waals surface area contributed by atoms with Crippen molar-refractivity contribution in [3.8, 4) is 0 Å². The smallest absolute Gasteiger partial charge is 0.327 e. The van der Waals surface area contributed by atoms with Gasteiger partial charge in [0, 0.05) is 0 Å². The van der Waals surface area contributed by atoms with Gasteiger partial charge in [-0.25, -0.2) is 4.79 Å². The molecule has 1 aliphatic heterocycles. The molecule has 0 radical (unpaired) electrons. The molecule has 4 amide bonds. The van der Waals surface area contributed by atoms with Gasteiger partial charge in [-0.3, -0.25) is 19.3 Å². The number of hydrogen-bond donors (Lipinski definition) is 2. The summed E-state index contributed by atoms with van der Waals surface area (Å²) in [5.74, 6) is -1.34. The summed E-state index contributed by atoms with van der Waals surface area (Å²) in [6, 6.07) is 6.07. The zero-order chi connectivity index (χ0) is 23.7. The maximum Gasteiger partial charge on any atom is 0.327 e. The molecular formula is C23H30ClN3O5. The van der Waals surface area contributed by atoms with Crippen molar-refractivity contribution < 1.29 is 23.9 Å². The number of urea groups is 1. The number of ether oxygens (including phenoxy) is 1. The Hall–Kier alpha value is -2.61. The minimum atomic E-state index is -1.13. The van der Waals surface area contributed by atoms with Crippen LogP contribution >= 0.6 is 11.6 Å². The molecule has 1 aromatic carbocycles. The van der Waals surface area contributed by atoms with Crippen LogP contribution in [0.4, 0.5) is 10.5 Å². The highest BCUT2D eigenvalue weighted by molar-refractivity contribution is 6.33. The van der Waals surface area contributed by atoms with Gasteiger partial charge in [0.1, 0.15) is 12.1 Å². The Bertz CT molecular complexity index is 918. The van der Waals surface area contributed by atoms with E-state index in [0.717, 1.165) is 17.7 Å². The first-order chi connectivity index (χ1) is 14.9. The van der Waals surface area contributed by atoms with E-state index < -0.39 is 42.0 Å². The average molecular weight is 464 g/mol. The largest absolute Gasteiger partial charge is 0.451 e. The Morgan fingerprint density at radius 3 is 2.47 bits per heavy atom. The lowest BCUT2D eigenvalue weighted by Gasteiger charge is -2.40. The van der Waals surface area contributed by atoms with Gasteiger partial charge in [0.25, 0.3) is 11.8 Å². The molecule has 9 heteroatoms. The third-order valence-electron chi connectivity index (χ3n) is 6.41. The number of rotatable bonds is 5. The summed E-state index contributed by atoms with van der Waals surface area (Å²) in [4.78, 5) is 51.1. The van der Waals surface area contributed by atoms with Crippen molar-refractivity contribution in [1.82, 2.24) is 10.2 Å². The SMILES string of the molecule is CC(OC(=O)CN1C(=O)NC2(CCC(C(C)(C)C)CC2)C1=O)C(=O)Nc1ccccc1Cl. The van der Waals surface area contributed by atoms with Gasteiger partial charge in [-0.2, -0.15) is 0 Å². The monoisotopic (exact) mass is 463 g/mol. The molecule has 1 aromatic rings. The van der Waals surface area contributed by atoms with Crippen LogP contribution in [0.15, 0.2) is 24.3 Å². The fourth-order valence-electron chi connectivity index (χ4n) is 4.35. The number of esters is 1. The highest BCUT2D eigenvalue weighted by atomic mass is 35.5. The third-order valence-corrected chi connectivity index (χ3v) is 6.74. The molecule has 1 aliphatic carbocycles. The summed E-state index contributed by atoms with van der Waals surface area (Å²) in [5.41, 5.74) is -0.423. The summed E-state index contributed by atoms with van der Waals surface area (Å²) < 4.78 is 5.15. The van der Waals surface area contributed by atoms with E-state index in [-0.39, 0.29) is 5.41 Å². The van der Waals surface area contributed by atoms with E-state index in [4.69, 9.17) is 16.3 Å². The molecule has 8 nitrogen and oxygen atoms in total. The second-order valence-corrected chi connectivity index (χ2v) is 10.1. The summed E-state index contributed by atoms with van der Waals surface area (Å²) >= 11 is 6.02. The van der Waals surface area contributed by atoms with Crippen LogP contribution in [0.5, 0.6) is 0 Å². The van der Waals surface area contributed by atoms with Crippen LogP contribution in [-0.2, 0) is 19.1 Å². The molecule has 1 saturated heterocycles. The van der Waals surface area contributed by atoms with Crippen LogP contribution < -0.4 is 10.6 Å². The van der Waals surface area contributed by atoms with Gasteiger partial charge in [0.05, 0.1) is 10.7 Å². The lowest BCUT2D eigenvalue weighted by atomic mass is 9.67. The zero-order valence-electron chi connectivity index (χ0n) is 18.9. The third kappa shape index (κ3) is 5.06. The maximum atomic E-state index is 13.0. The maximum absolute atomic E-state index is 13.0. The summed E-state index contributed by atoms with van der Waals surface area (Å²) in [6.07, 6.45) is 1.61. The van der Waals surface area contributed by atoms with Gasteiger partial charge in [-0.05, 0) is 56.1 Å². The number of amides is 4. The average Bonchev–Trinajstić information content (AvgIpc) is 2.93. The normalized spacial score (nSPS) is 24.3. The van der Waals surface area contributed by atoms with Crippen molar-refractivity contribution in [1.29, 1.82) is 0 Å². The molecule has 174 valence electrons. The van der Waals surface area contributed by atoms with Crippen molar-refractivity contribution in [2.45, 2.75) is 65.0 Å². The minimum Gasteiger partial charge on any atom is -0.451 e. The fraction of sp³-hybridized carbons (Fsp3) is 0.565. The number of nitrogens with zero attached hydrogens (tertiary/aromatic N) is 1. The minimum absolute atomic E-state index is 0.136. The molecular weight excluding hydrogens is 434 g/mol. The number of nitrogens with one attached hydrogen (secondary N) is 2. The second-order valence-electron chi connectivity index (χ2n) is 9.65. The summed E-state index contributed by atoms with van der Waals surface area (Å²) in [6.45, 7) is 7.40. The van der Waals surface area contributed by atoms with E-state index in [0.29, 0.717) is 29.5 Å². The van der Waals surface area contributed by atoms with Gasteiger partial charge >= 0.3 is 12.0 Å². The lowest BCUT2D eigenvalue weighted by Crippen LogP contribution is -2.50. The molecule has 3 rings (SSSR count). The van der Waals surface area contributed by atoms with Gasteiger partial charge in [0.15, 0.2) is 6.10 Å². The number of imide groups is 1. The van der Waals surface area contributed by atoms with E-state index in [1.807, 2.05) is 0 Å². The Morgan fingerprint density at radius 1 is 1.25 bits per heavy atom. The van der Waals surface area contributed by atoms with Gasteiger partial charge < -0.3 is 15.4 Å². The van der Waals surface area contributed by atoms with E-state index in [9.17, 15) is 19.2 Å². The first kappa shape index (κ1) is 24.0. The second kappa shape index (κ2) is 9.10. The molecule has 32 heavy (non-hydrogen) atoms. The van der Waals surface area contributed by atoms with Gasteiger partial charge in [0.2, 0.25) is 0 Å². The first-order valence-electron chi connectivity index (χ1n) is 10.8. The predicted octanol–water partition coefficient (Wildman–Crippen LogP) is 3.74. The molecule has 0 aromatic heterocycles. The number of anilines is 1.